The van der Waals surface area contributed by atoms with Crippen molar-refractivity contribution in [2.45, 2.75) is 12.0 Å². The zero-order chi connectivity index (χ0) is 17.3. The van der Waals surface area contributed by atoms with Crippen LogP contribution in [0.4, 0.5) is 14.5 Å². The average Bonchev–Trinajstić information content (AvgIpc) is 2.99. The van der Waals surface area contributed by atoms with Crippen LogP contribution in [0.15, 0.2) is 33.4 Å². The second-order valence-electron chi connectivity index (χ2n) is 4.86. The molecule has 1 atom stereocenters. The van der Waals surface area contributed by atoms with E-state index in [2.05, 4.69) is 30.7 Å². The topological polar surface area (TPSA) is 64.6 Å². The smallest absolute Gasteiger partial charge is 0.395 e. The first-order valence-corrected chi connectivity index (χ1v) is 9.74. The van der Waals surface area contributed by atoms with Gasteiger partial charge in [0.1, 0.15) is 5.75 Å². The van der Waals surface area contributed by atoms with Gasteiger partial charge in [0.2, 0.25) is 5.91 Å². The molecule has 0 aliphatic carbocycles. The molecular formula is C14H10BrF2NO4S2. The molecule has 1 N–H and O–H groups in total. The van der Waals surface area contributed by atoms with Crippen molar-refractivity contribution in [2.24, 2.45) is 0 Å². The number of rotatable bonds is 5. The molecule has 2 heterocycles. The van der Waals surface area contributed by atoms with Crippen LogP contribution in [0.5, 0.6) is 11.5 Å². The predicted octanol–water partition coefficient (Wildman–Crippen LogP) is 3.72. The third-order valence-corrected chi connectivity index (χ3v) is 5.72. The second kappa shape index (κ2) is 6.77. The number of fused-ring (bicyclic) bond motifs is 1. The van der Waals surface area contributed by atoms with Crippen LogP contribution in [0.3, 0.4) is 0 Å². The van der Waals surface area contributed by atoms with Gasteiger partial charge in [-0.25, -0.2) is 0 Å². The number of alkyl halides is 2. The molecule has 0 spiro atoms. The van der Waals surface area contributed by atoms with Crippen LogP contribution in [0.25, 0.3) is 0 Å². The number of halogens is 3. The maximum absolute atomic E-state index is 12.9. The number of benzene rings is 1. The van der Waals surface area contributed by atoms with Gasteiger partial charge in [0.05, 0.1) is 3.79 Å². The number of amides is 1. The Kier molecular flexibility index (Phi) is 4.88. The number of hydrogen-bond donors (Lipinski definition) is 1. The average molecular weight is 438 g/mol. The molecule has 1 aliphatic rings. The summed E-state index contributed by atoms with van der Waals surface area (Å²) in [4.78, 5) is 11.9. The van der Waals surface area contributed by atoms with E-state index < -0.39 is 23.0 Å². The zero-order valence-corrected chi connectivity index (χ0v) is 15.1. The van der Waals surface area contributed by atoms with Crippen LogP contribution >= 0.6 is 27.3 Å². The van der Waals surface area contributed by atoms with Gasteiger partial charge >= 0.3 is 6.29 Å². The van der Waals surface area contributed by atoms with Crippen LogP contribution in [0, 0.1) is 0 Å². The molecule has 10 heteroatoms. The Morgan fingerprint density at radius 1 is 1.29 bits per heavy atom. The lowest BCUT2D eigenvalue weighted by molar-refractivity contribution is -0.286. The Morgan fingerprint density at radius 3 is 2.75 bits per heavy atom. The molecule has 1 amide bonds. The summed E-state index contributed by atoms with van der Waals surface area (Å²) in [6, 6.07) is 5.75. The number of carbonyl (C=O) groups excluding carboxylic acids is 1. The van der Waals surface area contributed by atoms with Gasteiger partial charge in [0, 0.05) is 28.3 Å². The van der Waals surface area contributed by atoms with Gasteiger partial charge < -0.3 is 14.8 Å². The molecule has 0 saturated heterocycles. The first kappa shape index (κ1) is 17.3. The van der Waals surface area contributed by atoms with Crippen LogP contribution in [0.1, 0.15) is 5.56 Å². The summed E-state index contributed by atoms with van der Waals surface area (Å²) in [7, 11) is -1.38. The van der Waals surface area contributed by atoms with Crippen molar-refractivity contribution in [3.05, 3.63) is 39.0 Å². The highest BCUT2D eigenvalue weighted by molar-refractivity contribution is 9.11. The summed E-state index contributed by atoms with van der Waals surface area (Å²) >= 11 is 4.79. The van der Waals surface area contributed by atoms with E-state index in [4.69, 9.17) is 0 Å². The fraction of sp³-hybridized carbons (Fsp3) is 0.214. The Hall–Kier alpha value is -1.52. The molecule has 0 saturated carbocycles. The molecule has 1 aromatic heterocycles. The largest absolute Gasteiger partial charge is 0.586 e. The monoisotopic (exact) mass is 437 g/mol. The lowest BCUT2D eigenvalue weighted by Gasteiger charge is -2.06. The molecule has 0 bridgehead atoms. The summed E-state index contributed by atoms with van der Waals surface area (Å²) in [5, 5.41) is 4.36. The van der Waals surface area contributed by atoms with E-state index in [1.807, 2.05) is 11.4 Å². The van der Waals surface area contributed by atoms with Gasteiger partial charge in [0.25, 0.3) is 0 Å². The maximum atomic E-state index is 12.9. The molecule has 24 heavy (non-hydrogen) atoms. The molecule has 1 unspecified atom stereocenters. The Morgan fingerprint density at radius 2 is 2.04 bits per heavy atom. The third-order valence-electron chi connectivity index (χ3n) is 2.93. The van der Waals surface area contributed by atoms with Crippen molar-refractivity contribution in [1.29, 1.82) is 0 Å². The molecule has 0 radical (unpaired) electrons. The van der Waals surface area contributed by atoms with E-state index in [9.17, 15) is 17.8 Å². The van der Waals surface area contributed by atoms with E-state index >= 15 is 0 Å². The highest BCUT2D eigenvalue weighted by Crippen LogP contribution is 2.42. The second-order valence-corrected chi connectivity index (χ2v) is 8.61. The van der Waals surface area contributed by atoms with E-state index in [-0.39, 0.29) is 28.7 Å². The number of carbonyl (C=O) groups is 1. The van der Waals surface area contributed by atoms with Crippen LogP contribution in [-0.2, 0) is 21.3 Å². The van der Waals surface area contributed by atoms with Gasteiger partial charge in [-0.1, -0.05) is 0 Å². The van der Waals surface area contributed by atoms with Crippen molar-refractivity contribution in [3.63, 3.8) is 0 Å². The number of nitrogens with one attached hydrogen (secondary N) is 1. The van der Waals surface area contributed by atoms with Gasteiger partial charge in [-0.15, -0.1) is 20.1 Å². The van der Waals surface area contributed by atoms with Crippen molar-refractivity contribution in [3.8, 4) is 11.5 Å². The summed E-state index contributed by atoms with van der Waals surface area (Å²) in [5.41, 5.74) is 1.14. The minimum atomic E-state index is -3.71. The Labute approximate surface area is 150 Å². The molecule has 0 fully saturated rings. The standard InChI is InChI=1S/C14H10BrF2NO4S2/c15-12-3-8(5-23-12)6-24(20)7-13(19)18-9-1-2-10-11(4-9)22-14(16,17)21-10/h1-5H,6-7H2,(H,18,19). The van der Waals surface area contributed by atoms with Gasteiger partial charge in [-0.2, -0.15) is 0 Å². The number of anilines is 1. The highest BCUT2D eigenvalue weighted by atomic mass is 79.9. The lowest BCUT2D eigenvalue weighted by Crippen LogP contribution is -2.25. The van der Waals surface area contributed by atoms with Crippen LogP contribution in [0.2, 0.25) is 0 Å². The van der Waals surface area contributed by atoms with Crippen molar-refractivity contribution in [1.82, 2.24) is 0 Å². The minimum Gasteiger partial charge on any atom is -0.395 e. The van der Waals surface area contributed by atoms with Gasteiger partial charge in [0.15, 0.2) is 11.5 Å². The number of hydrogen-bond acceptors (Lipinski definition) is 5. The van der Waals surface area contributed by atoms with Gasteiger partial charge in [-0.3, -0.25) is 9.00 Å². The predicted molar refractivity (Wildman–Crippen MR) is 90.0 cm³/mol. The van der Waals surface area contributed by atoms with E-state index in [1.54, 1.807) is 0 Å². The maximum Gasteiger partial charge on any atom is 0.586 e. The molecule has 1 aliphatic heterocycles. The number of ether oxygens (including phenoxy) is 2. The molecule has 2 aromatic rings. The summed E-state index contributed by atoms with van der Waals surface area (Å²) < 4.78 is 47.4. The molecule has 1 aromatic carbocycles. The molecule has 3 rings (SSSR count). The van der Waals surface area contributed by atoms with Crippen molar-refractivity contribution < 1.29 is 27.3 Å². The first-order chi connectivity index (χ1) is 11.3. The van der Waals surface area contributed by atoms with Gasteiger partial charge in [-0.05, 0) is 45.1 Å². The van der Waals surface area contributed by atoms with E-state index in [0.717, 1.165) is 9.35 Å². The lowest BCUT2D eigenvalue weighted by atomic mass is 10.3. The fourth-order valence-corrected chi connectivity index (χ4v) is 4.35. The van der Waals surface area contributed by atoms with Crippen LogP contribution < -0.4 is 14.8 Å². The Balaban J connectivity index is 1.57. The fourth-order valence-electron chi connectivity index (χ4n) is 2.03. The summed E-state index contributed by atoms with van der Waals surface area (Å²) in [6.07, 6.45) is -3.71. The third kappa shape index (κ3) is 4.31. The Bertz CT molecular complexity index is 812. The molecular weight excluding hydrogens is 428 g/mol. The quantitative estimate of drug-likeness (QED) is 0.773. The summed E-state index contributed by atoms with van der Waals surface area (Å²) in [6.45, 7) is 0. The molecule has 128 valence electrons. The minimum absolute atomic E-state index is 0.107. The first-order valence-electron chi connectivity index (χ1n) is 6.58. The SMILES string of the molecule is O=C(CS(=O)Cc1csc(Br)c1)Nc1ccc2c(c1)OC(F)(F)O2. The van der Waals surface area contributed by atoms with E-state index in [0.29, 0.717) is 0 Å². The normalized spacial score (nSPS) is 16.0. The van der Waals surface area contributed by atoms with Crippen LogP contribution in [-0.4, -0.2) is 22.2 Å². The molecule has 5 nitrogen and oxygen atoms in total. The zero-order valence-electron chi connectivity index (χ0n) is 11.9. The van der Waals surface area contributed by atoms with E-state index in [1.165, 1.54) is 29.5 Å². The number of thiophene rings is 1. The van der Waals surface area contributed by atoms with Crippen molar-refractivity contribution in [2.75, 3.05) is 11.1 Å². The van der Waals surface area contributed by atoms with Crippen molar-refractivity contribution >= 4 is 49.7 Å². The highest BCUT2D eigenvalue weighted by Gasteiger charge is 2.43. The summed E-state index contributed by atoms with van der Waals surface area (Å²) in [5.74, 6) is -0.680.